The van der Waals surface area contributed by atoms with Crippen LogP contribution in [-0.2, 0) is 0 Å². The molecule has 1 aromatic heterocycles. The Kier molecular flexibility index (Phi) is 7.14. The quantitative estimate of drug-likeness (QED) is 0.329. The number of nitrogens with two attached hydrogens (primary N) is 2. The number of pyridine rings is 1. The van der Waals surface area contributed by atoms with Gasteiger partial charge >= 0.3 is 0 Å². The Morgan fingerprint density at radius 2 is 1.59 bits per heavy atom. The number of nitrogens with zero attached hydrogens (tertiary/aromatic N) is 1. The van der Waals surface area contributed by atoms with E-state index in [1.807, 2.05) is 36.4 Å². The normalized spacial score (nSPS) is 15.4. The number of rotatable bonds is 8. The van der Waals surface area contributed by atoms with Gasteiger partial charge in [0.1, 0.15) is 5.75 Å². The minimum Gasteiger partial charge on any atom is -0.492 e. The number of fused-ring (bicyclic) bond motifs is 1. The first-order valence-corrected chi connectivity index (χ1v) is 12.6. The Bertz CT molecular complexity index is 1460. The van der Waals surface area contributed by atoms with Crippen molar-refractivity contribution in [3.05, 3.63) is 84.1 Å². The Morgan fingerprint density at radius 3 is 2.30 bits per heavy atom. The van der Waals surface area contributed by atoms with Gasteiger partial charge in [0, 0.05) is 34.3 Å². The second-order valence-corrected chi connectivity index (χ2v) is 9.41. The number of hydrogen-bond acceptors (Lipinski definition) is 5. The number of primary amides is 2. The fourth-order valence-electron chi connectivity index (χ4n) is 4.87. The van der Waals surface area contributed by atoms with Crippen LogP contribution in [0.5, 0.6) is 5.75 Å². The predicted molar refractivity (Wildman–Crippen MR) is 145 cm³/mol. The van der Waals surface area contributed by atoms with Crippen molar-refractivity contribution in [2.24, 2.45) is 11.5 Å². The molecular formula is C30H30N4O3. The van der Waals surface area contributed by atoms with Crippen LogP contribution < -0.4 is 21.5 Å². The minimum atomic E-state index is -0.488. The van der Waals surface area contributed by atoms with Crippen LogP contribution in [0.3, 0.4) is 0 Å². The summed E-state index contributed by atoms with van der Waals surface area (Å²) in [5, 5.41) is 4.42. The average Bonchev–Trinajstić information content (AvgIpc) is 2.93. The fraction of sp³-hybridized carbons (Fsp3) is 0.233. The number of hydrogen-bond donors (Lipinski definition) is 3. The molecule has 1 atom stereocenters. The van der Waals surface area contributed by atoms with Crippen LogP contribution in [-0.4, -0.2) is 36.0 Å². The van der Waals surface area contributed by atoms with Crippen LogP contribution in [0, 0.1) is 0 Å². The maximum Gasteiger partial charge on any atom is 0.248 e. The van der Waals surface area contributed by atoms with Crippen molar-refractivity contribution in [1.82, 2.24) is 10.3 Å². The third-order valence-corrected chi connectivity index (χ3v) is 6.88. The number of nitrogens with one attached hydrogen (secondary N) is 1. The lowest BCUT2D eigenvalue weighted by Crippen LogP contribution is -2.35. The summed E-state index contributed by atoms with van der Waals surface area (Å²) in [5.74, 6) is -0.255. The van der Waals surface area contributed by atoms with Crippen molar-refractivity contribution in [3.63, 3.8) is 0 Å². The molecule has 5 N–H and O–H groups in total. The van der Waals surface area contributed by atoms with Crippen molar-refractivity contribution in [1.29, 1.82) is 0 Å². The number of amides is 2. The van der Waals surface area contributed by atoms with E-state index in [1.165, 1.54) is 12.8 Å². The molecule has 0 aliphatic carbocycles. The van der Waals surface area contributed by atoms with E-state index in [-0.39, 0.29) is 0 Å². The zero-order chi connectivity index (χ0) is 25.8. The molecule has 7 heteroatoms. The van der Waals surface area contributed by atoms with Crippen molar-refractivity contribution < 1.29 is 14.3 Å². The molecule has 0 spiro atoms. The summed E-state index contributed by atoms with van der Waals surface area (Å²) >= 11 is 0. The molecule has 0 bridgehead atoms. The minimum absolute atomic E-state index is 0.423. The Labute approximate surface area is 215 Å². The second-order valence-electron chi connectivity index (χ2n) is 9.41. The van der Waals surface area contributed by atoms with E-state index >= 15 is 0 Å². The predicted octanol–water partition coefficient (Wildman–Crippen LogP) is 4.68. The molecule has 2 heterocycles. The molecule has 1 saturated heterocycles. The summed E-state index contributed by atoms with van der Waals surface area (Å²) in [6.07, 6.45) is 6.27. The maximum atomic E-state index is 11.8. The largest absolute Gasteiger partial charge is 0.492 e. The first-order valence-electron chi connectivity index (χ1n) is 12.6. The van der Waals surface area contributed by atoms with Gasteiger partial charge in [0.05, 0.1) is 12.1 Å². The van der Waals surface area contributed by atoms with E-state index in [0.29, 0.717) is 29.5 Å². The molecule has 0 radical (unpaired) electrons. The number of carbonyl (C=O) groups is 2. The lowest BCUT2D eigenvalue weighted by atomic mass is 9.97. The van der Waals surface area contributed by atoms with E-state index in [0.717, 1.165) is 52.5 Å². The number of benzene rings is 3. The van der Waals surface area contributed by atoms with Gasteiger partial charge in [-0.25, -0.2) is 0 Å². The van der Waals surface area contributed by atoms with Gasteiger partial charge in [-0.1, -0.05) is 36.8 Å². The van der Waals surface area contributed by atoms with Crippen molar-refractivity contribution >= 4 is 22.7 Å². The van der Waals surface area contributed by atoms with E-state index < -0.39 is 11.8 Å². The zero-order valence-electron chi connectivity index (χ0n) is 20.6. The van der Waals surface area contributed by atoms with E-state index in [4.69, 9.17) is 16.2 Å². The maximum absolute atomic E-state index is 11.8. The zero-order valence-corrected chi connectivity index (χ0v) is 20.6. The van der Waals surface area contributed by atoms with E-state index in [2.05, 4.69) is 10.3 Å². The Balaban J connectivity index is 1.58. The summed E-state index contributed by atoms with van der Waals surface area (Å²) in [5.41, 5.74) is 16.1. The van der Waals surface area contributed by atoms with Crippen LogP contribution in [0.4, 0.5) is 0 Å². The lowest BCUT2D eigenvalue weighted by molar-refractivity contribution is 0.0992. The highest BCUT2D eigenvalue weighted by Crippen LogP contribution is 2.38. The molecule has 5 rings (SSSR count). The first-order chi connectivity index (χ1) is 18.0. The summed E-state index contributed by atoms with van der Waals surface area (Å²) in [7, 11) is 0. The van der Waals surface area contributed by atoms with E-state index in [1.54, 1.807) is 36.5 Å². The van der Waals surface area contributed by atoms with Crippen LogP contribution in [0.1, 0.15) is 46.4 Å². The first kappa shape index (κ1) is 24.5. The summed E-state index contributed by atoms with van der Waals surface area (Å²) < 4.78 is 6.49. The van der Waals surface area contributed by atoms with Crippen LogP contribution in [0.15, 0.2) is 72.9 Å². The van der Waals surface area contributed by atoms with Gasteiger partial charge in [-0.15, -0.1) is 0 Å². The molecule has 37 heavy (non-hydrogen) atoms. The number of piperidine rings is 1. The standard InChI is InChI=1S/C30H30N4O3/c31-29(35)22-7-3-5-19(15-22)20-10-11-27-25(17-20)28(37-14-12-24-9-1-2-13-33-24)26(18-34-27)21-6-4-8-23(16-21)30(32)36/h3-8,10-11,15-18,24,33H,1-2,9,12-14H2,(H2,31,35)(H2,32,36). The monoisotopic (exact) mass is 494 g/mol. The number of carbonyl (C=O) groups excluding carboxylic acids is 2. The SMILES string of the molecule is NC(=O)c1cccc(-c2ccc3ncc(-c4cccc(C(N)=O)c4)c(OCCC4CCCCN4)c3c2)c1. The fourth-order valence-corrected chi connectivity index (χ4v) is 4.87. The van der Waals surface area contributed by atoms with Gasteiger partial charge in [0.15, 0.2) is 0 Å². The smallest absolute Gasteiger partial charge is 0.248 e. The van der Waals surface area contributed by atoms with Gasteiger partial charge < -0.3 is 21.5 Å². The molecule has 188 valence electrons. The highest BCUT2D eigenvalue weighted by Gasteiger charge is 2.17. The molecule has 1 unspecified atom stereocenters. The highest BCUT2D eigenvalue weighted by molar-refractivity contribution is 5.98. The molecule has 0 saturated carbocycles. The Morgan fingerprint density at radius 1 is 0.892 bits per heavy atom. The van der Waals surface area contributed by atoms with Crippen molar-refractivity contribution in [3.8, 4) is 28.0 Å². The molecule has 1 fully saturated rings. The highest BCUT2D eigenvalue weighted by atomic mass is 16.5. The summed E-state index contributed by atoms with van der Waals surface area (Å²) in [6, 6.07) is 20.8. The van der Waals surface area contributed by atoms with Crippen molar-refractivity contribution in [2.45, 2.75) is 31.7 Å². The van der Waals surface area contributed by atoms with Crippen LogP contribution in [0.2, 0.25) is 0 Å². The third kappa shape index (κ3) is 5.47. The van der Waals surface area contributed by atoms with Gasteiger partial charge in [0.25, 0.3) is 0 Å². The summed E-state index contributed by atoms with van der Waals surface area (Å²) in [6.45, 7) is 1.59. The molecule has 4 aromatic rings. The molecule has 1 aliphatic rings. The van der Waals surface area contributed by atoms with Gasteiger partial charge in [-0.3, -0.25) is 14.6 Å². The van der Waals surface area contributed by atoms with Gasteiger partial charge in [-0.05, 0) is 78.9 Å². The second kappa shape index (κ2) is 10.8. The molecule has 7 nitrogen and oxygen atoms in total. The lowest BCUT2D eigenvalue weighted by Gasteiger charge is -2.24. The molecule has 1 aliphatic heterocycles. The number of aromatic nitrogens is 1. The third-order valence-electron chi connectivity index (χ3n) is 6.88. The Hall–Kier alpha value is -4.23. The molecule has 3 aromatic carbocycles. The van der Waals surface area contributed by atoms with Crippen molar-refractivity contribution in [2.75, 3.05) is 13.2 Å². The van der Waals surface area contributed by atoms with Gasteiger partial charge in [0.2, 0.25) is 11.8 Å². The average molecular weight is 495 g/mol. The van der Waals surface area contributed by atoms with Crippen LogP contribution >= 0.6 is 0 Å². The number of ether oxygens (including phenoxy) is 1. The topological polar surface area (TPSA) is 120 Å². The van der Waals surface area contributed by atoms with Gasteiger partial charge in [-0.2, -0.15) is 0 Å². The van der Waals surface area contributed by atoms with Crippen LogP contribution in [0.25, 0.3) is 33.2 Å². The summed E-state index contributed by atoms with van der Waals surface area (Å²) in [4.78, 5) is 28.3. The molecular weight excluding hydrogens is 464 g/mol. The van der Waals surface area contributed by atoms with E-state index in [9.17, 15) is 9.59 Å². The molecule has 2 amide bonds.